The van der Waals surface area contributed by atoms with Gasteiger partial charge in [0.15, 0.2) is 0 Å². The van der Waals surface area contributed by atoms with Crippen molar-refractivity contribution in [1.29, 1.82) is 0 Å². The smallest absolute Gasteiger partial charge is 0.0590 e. The third-order valence-electron chi connectivity index (χ3n) is 3.32. The van der Waals surface area contributed by atoms with Crippen LogP contribution in [0.5, 0.6) is 0 Å². The van der Waals surface area contributed by atoms with Crippen molar-refractivity contribution in [2.45, 2.75) is 6.92 Å². The molecule has 0 aliphatic heterocycles. The van der Waals surface area contributed by atoms with Crippen LogP contribution in [-0.2, 0) is 0 Å². The lowest BCUT2D eigenvalue weighted by molar-refractivity contribution is 0.968. The van der Waals surface area contributed by atoms with Gasteiger partial charge in [-0.15, -0.1) is 0 Å². The van der Waals surface area contributed by atoms with Crippen LogP contribution in [0.25, 0.3) is 0 Å². The zero-order chi connectivity index (χ0) is 14.4. The average Bonchev–Trinajstić information content (AvgIpc) is 2.53. The number of hydrogen-bond acceptors (Lipinski definition) is 3. The molecule has 3 nitrogen and oxygen atoms in total. The molecule has 0 saturated carbocycles. The van der Waals surface area contributed by atoms with Crippen molar-refractivity contribution < 1.29 is 0 Å². The molecule has 2 aromatic rings. The second kappa shape index (κ2) is 6.75. The normalized spacial score (nSPS) is 10.8. The van der Waals surface area contributed by atoms with E-state index in [0.29, 0.717) is 0 Å². The molecule has 0 bridgehead atoms. The van der Waals surface area contributed by atoms with Gasteiger partial charge in [0.05, 0.1) is 11.9 Å². The van der Waals surface area contributed by atoms with Gasteiger partial charge in [-0.05, 0) is 36.8 Å². The Kier molecular flexibility index (Phi) is 4.77. The molecule has 0 aliphatic carbocycles. The summed E-state index contributed by atoms with van der Waals surface area (Å²) in [7, 11) is 4.04. The molecule has 2 rings (SSSR count). The van der Waals surface area contributed by atoms with Crippen LogP contribution < -0.4 is 9.91 Å². The molecule has 0 atom stereocenters. The Balaban J connectivity index is 2.04. The van der Waals surface area contributed by atoms with Crippen molar-refractivity contribution >= 4 is 17.6 Å². The topological polar surface area (TPSA) is 18.8 Å². The van der Waals surface area contributed by atoms with Crippen molar-refractivity contribution in [2.24, 2.45) is 5.10 Å². The largest absolute Gasteiger partial charge is 0.375 e. The summed E-state index contributed by atoms with van der Waals surface area (Å²) < 4.78 is 0. The van der Waals surface area contributed by atoms with E-state index in [4.69, 9.17) is 0 Å². The number of nitrogens with zero attached hydrogens (tertiary/aromatic N) is 3. The molecular weight excluding hydrogens is 246 g/mol. The lowest BCUT2D eigenvalue weighted by atomic mass is 10.2. The van der Waals surface area contributed by atoms with E-state index >= 15 is 0 Å². The molecule has 0 heterocycles. The molecule has 104 valence electrons. The Morgan fingerprint density at radius 3 is 2.15 bits per heavy atom. The first-order valence-corrected chi connectivity index (χ1v) is 6.84. The number of rotatable bonds is 5. The van der Waals surface area contributed by atoms with Gasteiger partial charge in [-0.2, -0.15) is 5.10 Å². The summed E-state index contributed by atoms with van der Waals surface area (Å²) in [5.41, 5.74) is 3.40. The first kappa shape index (κ1) is 14.1. The Morgan fingerprint density at radius 1 is 0.900 bits per heavy atom. The zero-order valence-electron chi connectivity index (χ0n) is 12.3. The van der Waals surface area contributed by atoms with E-state index in [1.54, 1.807) is 0 Å². The van der Waals surface area contributed by atoms with Gasteiger partial charge < -0.3 is 4.90 Å². The van der Waals surface area contributed by atoms with E-state index in [9.17, 15) is 0 Å². The van der Waals surface area contributed by atoms with E-state index in [1.165, 1.54) is 5.69 Å². The van der Waals surface area contributed by atoms with Crippen LogP contribution >= 0.6 is 0 Å². The van der Waals surface area contributed by atoms with E-state index in [2.05, 4.69) is 48.2 Å². The second-order valence-electron chi connectivity index (χ2n) is 4.71. The highest BCUT2D eigenvalue weighted by Gasteiger charge is 1.98. The van der Waals surface area contributed by atoms with Gasteiger partial charge in [-0.1, -0.05) is 30.3 Å². The van der Waals surface area contributed by atoms with Crippen LogP contribution in [0.2, 0.25) is 0 Å². The van der Waals surface area contributed by atoms with Crippen molar-refractivity contribution in [3.8, 4) is 0 Å². The lowest BCUT2D eigenvalue weighted by Gasteiger charge is -2.16. The fraction of sp³-hybridized carbons (Fsp3) is 0.235. The van der Waals surface area contributed by atoms with Crippen molar-refractivity contribution in [3.63, 3.8) is 0 Å². The standard InChI is InChI=1S/C17H21N3/c1-4-19(2)16-12-10-15(11-13-16)14-18-20(3)17-8-6-5-7-9-17/h5-14H,4H2,1-3H3. The number of anilines is 2. The van der Waals surface area contributed by atoms with Crippen LogP contribution in [0.15, 0.2) is 59.7 Å². The number of hydrazone groups is 1. The summed E-state index contributed by atoms with van der Waals surface area (Å²) in [5.74, 6) is 0. The molecule has 0 radical (unpaired) electrons. The summed E-state index contributed by atoms with van der Waals surface area (Å²) in [6, 6.07) is 18.5. The molecule has 0 saturated heterocycles. The van der Waals surface area contributed by atoms with Gasteiger partial charge in [0.2, 0.25) is 0 Å². The monoisotopic (exact) mass is 267 g/mol. The fourth-order valence-electron chi connectivity index (χ4n) is 1.86. The SMILES string of the molecule is CCN(C)c1ccc(C=NN(C)c2ccccc2)cc1. The summed E-state index contributed by atoms with van der Waals surface area (Å²) >= 11 is 0. The van der Waals surface area contributed by atoms with Gasteiger partial charge in [0.1, 0.15) is 0 Å². The van der Waals surface area contributed by atoms with Crippen molar-refractivity contribution in [2.75, 3.05) is 30.5 Å². The predicted molar refractivity (Wildman–Crippen MR) is 87.8 cm³/mol. The highest BCUT2D eigenvalue weighted by Crippen LogP contribution is 2.14. The molecule has 0 amide bonds. The Morgan fingerprint density at radius 2 is 1.55 bits per heavy atom. The van der Waals surface area contributed by atoms with Crippen LogP contribution in [0.4, 0.5) is 11.4 Å². The van der Waals surface area contributed by atoms with Gasteiger partial charge in [-0.25, -0.2) is 0 Å². The third kappa shape index (κ3) is 3.60. The molecule has 0 N–H and O–H groups in total. The van der Waals surface area contributed by atoms with Crippen LogP contribution in [0, 0.1) is 0 Å². The summed E-state index contributed by atoms with van der Waals surface area (Å²) in [6.45, 7) is 3.15. The highest BCUT2D eigenvalue weighted by atomic mass is 15.4. The summed E-state index contributed by atoms with van der Waals surface area (Å²) in [5, 5.41) is 6.32. The molecule has 0 aromatic heterocycles. The van der Waals surface area contributed by atoms with Crippen LogP contribution in [0.3, 0.4) is 0 Å². The minimum Gasteiger partial charge on any atom is -0.375 e. The molecule has 2 aromatic carbocycles. The maximum atomic E-state index is 4.45. The van der Waals surface area contributed by atoms with Gasteiger partial charge >= 0.3 is 0 Å². The maximum absolute atomic E-state index is 4.45. The highest BCUT2D eigenvalue weighted by molar-refractivity contribution is 5.81. The van der Waals surface area contributed by atoms with E-state index in [0.717, 1.165) is 17.8 Å². The molecule has 0 spiro atoms. The first-order valence-electron chi connectivity index (χ1n) is 6.84. The van der Waals surface area contributed by atoms with Gasteiger partial charge in [0.25, 0.3) is 0 Å². The van der Waals surface area contributed by atoms with E-state index in [1.807, 2.05) is 48.6 Å². The maximum Gasteiger partial charge on any atom is 0.0590 e. The zero-order valence-corrected chi connectivity index (χ0v) is 12.3. The Labute approximate surface area is 121 Å². The summed E-state index contributed by atoms with van der Waals surface area (Å²) in [6.07, 6.45) is 1.88. The fourth-order valence-corrected chi connectivity index (χ4v) is 1.86. The second-order valence-corrected chi connectivity index (χ2v) is 4.71. The molecular formula is C17H21N3. The molecule has 0 unspecified atom stereocenters. The first-order chi connectivity index (χ1) is 9.70. The number of para-hydroxylation sites is 1. The lowest BCUT2D eigenvalue weighted by Crippen LogP contribution is -2.15. The van der Waals surface area contributed by atoms with Crippen LogP contribution in [-0.4, -0.2) is 26.9 Å². The molecule has 20 heavy (non-hydrogen) atoms. The minimum atomic E-state index is 1.00. The minimum absolute atomic E-state index is 1.00. The quantitative estimate of drug-likeness (QED) is 0.608. The van der Waals surface area contributed by atoms with Gasteiger partial charge in [-0.3, -0.25) is 5.01 Å². The number of hydrogen-bond donors (Lipinski definition) is 0. The van der Waals surface area contributed by atoms with Crippen molar-refractivity contribution in [3.05, 3.63) is 60.2 Å². The number of benzene rings is 2. The molecule has 0 aliphatic rings. The van der Waals surface area contributed by atoms with Crippen molar-refractivity contribution in [1.82, 2.24) is 0 Å². The van der Waals surface area contributed by atoms with Gasteiger partial charge in [0, 0.05) is 26.3 Å². The molecule has 3 heteroatoms. The Hall–Kier alpha value is -2.29. The average molecular weight is 267 g/mol. The Bertz CT molecular complexity index is 546. The van der Waals surface area contributed by atoms with Crippen LogP contribution in [0.1, 0.15) is 12.5 Å². The molecule has 0 fully saturated rings. The van der Waals surface area contributed by atoms with E-state index < -0.39 is 0 Å². The van der Waals surface area contributed by atoms with E-state index in [-0.39, 0.29) is 0 Å². The summed E-state index contributed by atoms with van der Waals surface area (Å²) in [4.78, 5) is 2.21. The third-order valence-corrected chi connectivity index (χ3v) is 3.32. The predicted octanol–water partition coefficient (Wildman–Crippen LogP) is 3.61.